The number of nitrogens with zero attached hydrogens (tertiary/aromatic N) is 3. The van der Waals surface area contributed by atoms with Crippen LogP contribution in [0.4, 0.5) is 0 Å². The van der Waals surface area contributed by atoms with E-state index in [-0.39, 0.29) is 36.6 Å². The minimum absolute atomic E-state index is 0. The van der Waals surface area contributed by atoms with Gasteiger partial charge in [0.05, 0.1) is 12.1 Å². The summed E-state index contributed by atoms with van der Waals surface area (Å²) >= 11 is 0. The molecule has 2 aliphatic heterocycles. The van der Waals surface area contributed by atoms with Crippen molar-refractivity contribution in [3.63, 3.8) is 0 Å². The summed E-state index contributed by atoms with van der Waals surface area (Å²) in [5.41, 5.74) is 5.67. The first-order valence-corrected chi connectivity index (χ1v) is 9.60. The summed E-state index contributed by atoms with van der Waals surface area (Å²) in [5, 5.41) is 0. The summed E-state index contributed by atoms with van der Waals surface area (Å²) in [6, 6.07) is 0.369. The zero-order valence-corrected chi connectivity index (χ0v) is 17.5. The molecule has 0 aromatic carbocycles. The largest absolute Gasteiger partial charge is 0.339 e. The fourth-order valence-corrected chi connectivity index (χ4v) is 4.39. The van der Waals surface area contributed by atoms with Crippen LogP contribution in [0.5, 0.6) is 0 Å². The highest BCUT2D eigenvalue weighted by Gasteiger charge is 2.40. The smallest absolute Gasteiger partial charge is 0.242 e. The second-order valence-electron chi connectivity index (χ2n) is 7.86. The molecule has 152 valence electrons. The number of hydrogen-bond acceptors (Lipinski definition) is 4. The van der Waals surface area contributed by atoms with E-state index in [2.05, 4.69) is 11.8 Å². The Balaban J connectivity index is 0.00000169. The number of carbonyl (C=O) groups excluding carboxylic acids is 2. The van der Waals surface area contributed by atoms with Crippen molar-refractivity contribution in [2.45, 2.75) is 63.5 Å². The van der Waals surface area contributed by atoms with Gasteiger partial charge in [0.15, 0.2) is 0 Å². The fourth-order valence-electron chi connectivity index (χ4n) is 4.39. The van der Waals surface area contributed by atoms with Crippen LogP contribution in [-0.2, 0) is 9.59 Å². The second kappa shape index (κ2) is 10.1. The molecule has 1 atom stereocenters. The molecule has 26 heavy (non-hydrogen) atoms. The summed E-state index contributed by atoms with van der Waals surface area (Å²) < 4.78 is 0. The van der Waals surface area contributed by atoms with E-state index in [0.717, 1.165) is 58.2 Å². The lowest BCUT2D eigenvalue weighted by molar-refractivity contribution is -0.140. The topological polar surface area (TPSA) is 69.9 Å². The van der Waals surface area contributed by atoms with Crippen molar-refractivity contribution >= 4 is 36.6 Å². The molecule has 3 aliphatic rings. The first kappa shape index (κ1) is 23.5. The van der Waals surface area contributed by atoms with Gasteiger partial charge in [0.1, 0.15) is 0 Å². The number of piperidine rings is 1. The van der Waals surface area contributed by atoms with Gasteiger partial charge in [-0.15, -0.1) is 24.8 Å². The van der Waals surface area contributed by atoms with E-state index in [1.54, 1.807) is 0 Å². The van der Waals surface area contributed by atoms with E-state index in [4.69, 9.17) is 5.73 Å². The van der Waals surface area contributed by atoms with Gasteiger partial charge in [-0.1, -0.05) is 12.8 Å². The zero-order valence-electron chi connectivity index (χ0n) is 15.8. The van der Waals surface area contributed by atoms with Gasteiger partial charge in [0.2, 0.25) is 11.8 Å². The molecular formula is C18H34Cl2N4O2. The average Bonchev–Trinajstić information content (AvgIpc) is 3.03. The molecule has 0 radical (unpaired) electrons. The van der Waals surface area contributed by atoms with Crippen molar-refractivity contribution in [1.82, 2.24) is 14.7 Å². The highest BCUT2D eigenvalue weighted by Crippen LogP contribution is 2.29. The van der Waals surface area contributed by atoms with Gasteiger partial charge in [-0.3, -0.25) is 14.5 Å². The van der Waals surface area contributed by atoms with E-state index < -0.39 is 5.54 Å². The molecule has 2 N–H and O–H groups in total. The van der Waals surface area contributed by atoms with Crippen molar-refractivity contribution in [2.75, 3.05) is 39.3 Å². The number of carbonyl (C=O) groups is 2. The van der Waals surface area contributed by atoms with Crippen molar-refractivity contribution in [2.24, 2.45) is 5.73 Å². The van der Waals surface area contributed by atoms with Gasteiger partial charge >= 0.3 is 0 Å². The molecule has 0 spiro atoms. The van der Waals surface area contributed by atoms with Crippen LogP contribution >= 0.6 is 24.8 Å². The van der Waals surface area contributed by atoms with Crippen LogP contribution in [-0.4, -0.2) is 77.4 Å². The minimum atomic E-state index is -0.624. The molecule has 0 aromatic rings. The summed E-state index contributed by atoms with van der Waals surface area (Å²) in [7, 11) is 0. The van der Waals surface area contributed by atoms with Crippen LogP contribution < -0.4 is 5.73 Å². The number of rotatable bonds is 3. The Morgan fingerprint density at radius 3 is 2.15 bits per heavy atom. The molecule has 2 amide bonds. The molecule has 1 saturated carbocycles. The van der Waals surface area contributed by atoms with E-state index in [9.17, 15) is 9.59 Å². The van der Waals surface area contributed by atoms with Crippen LogP contribution in [0.1, 0.15) is 51.9 Å². The quantitative estimate of drug-likeness (QED) is 0.770. The molecule has 2 saturated heterocycles. The van der Waals surface area contributed by atoms with Gasteiger partial charge in [-0.2, -0.15) is 0 Å². The lowest BCUT2D eigenvalue weighted by atomic mass is 9.97. The van der Waals surface area contributed by atoms with E-state index in [1.807, 2.05) is 9.80 Å². The van der Waals surface area contributed by atoms with Gasteiger partial charge < -0.3 is 15.5 Å². The lowest BCUT2D eigenvalue weighted by Gasteiger charge is -2.40. The van der Waals surface area contributed by atoms with Crippen LogP contribution in [0.15, 0.2) is 0 Å². The molecule has 1 unspecified atom stereocenters. The van der Waals surface area contributed by atoms with Crippen LogP contribution in [0.2, 0.25) is 0 Å². The number of likely N-dealkylation sites (tertiary alicyclic amines) is 1. The number of hydrogen-bond donors (Lipinski definition) is 1. The Morgan fingerprint density at radius 1 is 0.962 bits per heavy atom. The van der Waals surface area contributed by atoms with Crippen LogP contribution in [0.3, 0.4) is 0 Å². The van der Waals surface area contributed by atoms with Gasteiger partial charge in [-0.05, 0) is 39.0 Å². The maximum Gasteiger partial charge on any atom is 0.242 e. The third-order valence-electron chi connectivity index (χ3n) is 6.06. The normalized spacial score (nSPS) is 26.0. The first-order chi connectivity index (χ1) is 11.5. The van der Waals surface area contributed by atoms with Gasteiger partial charge in [0, 0.05) is 38.8 Å². The number of nitrogens with two attached hydrogens (primary N) is 1. The maximum absolute atomic E-state index is 12.6. The Kier molecular flexibility index (Phi) is 9.13. The third kappa shape index (κ3) is 5.24. The zero-order chi connectivity index (χ0) is 17.2. The highest BCUT2D eigenvalue weighted by atomic mass is 35.5. The van der Waals surface area contributed by atoms with E-state index in [0.29, 0.717) is 25.7 Å². The Labute approximate surface area is 169 Å². The number of amides is 2. The summed E-state index contributed by atoms with van der Waals surface area (Å²) in [5.74, 6) is 0.365. The molecule has 0 aromatic heterocycles. The Hall–Kier alpha value is -0.560. The van der Waals surface area contributed by atoms with E-state index in [1.165, 1.54) is 6.42 Å². The molecule has 3 rings (SSSR count). The second-order valence-corrected chi connectivity index (χ2v) is 7.86. The molecule has 3 fully saturated rings. The lowest BCUT2D eigenvalue weighted by Crippen LogP contribution is -2.59. The maximum atomic E-state index is 12.6. The highest BCUT2D eigenvalue weighted by molar-refractivity contribution is 5.86. The van der Waals surface area contributed by atoms with Crippen molar-refractivity contribution in [3.05, 3.63) is 0 Å². The standard InChI is InChI=1S/C18H32N4O2.2ClH/c1-15-6-2-5-9-22(15)16(23)14-20-10-12-21(13-11-20)17(24)18(19)7-3-4-8-18;;/h15H,2-14,19H2,1H3;2*1H. The van der Waals surface area contributed by atoms with Crippen LogP contribution in [0, 0.1) is 0 Å². The molecule has 6 nitrogen and oxygen atoms in total. The molecular weight excluding hydrogens is 375 g/mol. The number of halogens is 2. The SMILES string of the molecule is CC1CCCCN1C(=O)CN1CCN(C(=O)C2(N)CCCC2)CC1.Cl.Cl. The number of piperazine rings is 1. The molecule has 1 aliphatic carbocycles. The fraction of sp³-hybridized carbons (Fsp3) is 0.889. The molecule has 0 bridgehead atoms. The summed E-state index contributed by atoms with van der Waals surface area (Å²) in [6.45, 7) is 6.47. The predicted molar refractivity (Wildman–Crippen MR) is 108 cm³/mol. The van der Waals surface area contributed by atoms with Gasteiger partial charge in [0.25, 0.3) is 0 Å². The van der Waals surface area contributed by atoms with Crippen molar-refractivity contribution in [1.29, 1.82) is 0 Å². The molecule has 2 heterocycles. The first-order valence-electron chi connectivity index (χ1n) is 9.60. The Morgan fingerprint density at radius 2 is 1.58 bits per heavy atom. The average molecular weight is 409 g/mol. The predicted octanol–water partition coefficient (Wildman–Crippen LogP) is 1.65. The van der Waals surface area contributed by atoms with E-state index >= 15 is 0 Å². The van der Waals surface area contributed by atoms with Crippen molar-refractivity contribution < 1.29 is 9.59 Å². The molecule has 8 heteroatoms. The van der Waals surface area contributed by atoms with Crippen LogP contribution in [0.25, 0.3) is 0 Å². The summed E-state index contributed by atoms with van der Waals surface area (Å²) in [4.78, 5) is 31.3. The summed E-state index contributed by atoms with van der Waals surface area (Å²) in [6.07, 6.45) is 7.22. The van der Waals surface area contributed by atoms with Gasteiger partial charge in [-0.25, -0.2) is 0 Å². The monoisotopic (exact) mass is 408 g/mol. The Bertz CT molecular complexity index is 478. The van der Waals surface area contributed by atoms with Crippen molar-refractivity contribution in [3.8, 4) is 0 Å². The third-order valence-corrected chi connectivity index (χ3v) is 6.06. The minimum Gasteiger partial charge on any atom is -0.339 e.